The van der Waals surface area contributed by atoms with Gasteiger partial charge in [-0.25, -0.2) is 0 Å². The van der Waals surface area contributed by atoms with Crippen LogP contribution in [0, 0.1) is 11.8 Å². The molecule has 0 aliphatic heterocycles. The van der Waals surface area contributed by atoms with Crippen LogP contribution in [0.4, 0.5) is 0 Å². The van der Waals surface area contributed by atoms with Gasteiger partial charge < -0.3 is 10.4 Å². The first-order chi connectivity index (χ1) is 7.18. The van der Waals surface area contributed by atoms with E-state index in [0.29, 0.717) is 12.5 Å². The van der Waals surface area contributed by atoms with E-state index in [2.05, 4.69) is 5.32 Å². The van der Waals surface area contributed by atoms with E-state index in [1.54, 1.807) is 0 Å². The molecule has 15 heavy (non-hydrogen) atoms. The monoisotopic (exact) mass is 211 g/mol. The minimum Gasteiger partial charge on any atom is -0.481 e. The Kier molecular flexibility index (Phi) is 2.93. The van der Waals surface area contributed by atoms with Crippen LogP contribution in [0.25, 0.3) is 0 Å². The molecule has 2 unspecified atom stereocenters. The van der Waals surface area contributed by atoms with Crippen LogP contribution in [0.15, 0.2) is 0 Å². The van der Waals surface area contributed by atoms with Crippen LogP contribution in [0.5, 0.6) is 0 Å². The highest BCUT2D eigenvalue weighted by Gasteiger charge is 2.37. The zero-order valence-corrected chi connectivity index (χ0v) is 8.74. The molecule has 2 saturated carbocycles. The Bertz CT molecular complexity index is 273. The molecule has 84 valence electrons. The van der Waals surface area contributed by atoms with Crippen molar-refractivity contribution in [2.24, 2.45) is 11.8 Å². The molecule has 4 heteroatoms. The van der Waals surface area contributed by atoms with E-state index < -0.39 is 11.9 Å². The summed E-state index contributed by atoms with van der Waals surface area (Å²) in [6.45, 7) is 0. The SMILES string of the molecule is O=C(O)C1CCCCC1C(=O)NC1CC1. The first-order valence-corrected chi connectivity index (χ1v) is 5.71. The van der Waals surface area contributed by atoms with E-state index in [9.17, 15) is 9.59 Å². The van der Waals surface area contributed by atoms with Crippen molar-refractivity contribution >= 4 is 11.9 Å². The van der Waals surface area contributed by atoms with Gasteiger partial charge in [-0.2, -0.15) is 0 Å². The summed E-state index contributed by atoms with van der Waals surface area (Å²) >= 11 is 0. The minimum absolute atomic E-state index is 0.0374. The summed E-state index contributed by atoms with van der Waals surface area (Å²) in [5, 5.41) is 11.9. The Morgan fingerprint density at radius 3 is 2.13 bits per heavy atom. The van der Waals surface area contributed by atoms with Gasteiger partial charge in [0.15, 0.2) is 0 Å². The van der Waals surface area contributed by atoms with Gasteiger partial charge in [0.05, 0.1) is 11.8 Å². The summed E-state index contributed by atoms with van der Waals surface area (Å²) < 4.78 is 0. The lowest BCUT2D eigenvalue weighted by Crippen LogP contribution is -2.40. The maximum atomic E-state index is 11.8. The topological polar surface area (TPSA) is 66.4 Å². The Hall–Kier alpha value is -1.06. The molecule has 1 amide bonds. The number of amides is 1. The van der Waals surface area contributed by atoms with E-state index >= 15 is 0 Å². The molecule has 2 aliphatic carbocycles. The fraction of sp³-hybridized carbons (Fsp3) is 0.818. The van der Waals surface area contributed by atoms with Gasteiger partial charge in [0.2, 0.25) is 5.91 Å². The van der Waals surface area contributed by atoms with Crippen LogP contribution in [0.3, 0.4) is 0 Å². The van der Waals surface area contributed by atoms with Gasteiger partial charge in [-0.3, -0.25) is 9.59 Å². The molecule has 2 fully saturated rings. The first kappa shape index (κ1) is 10.5. The number of hydrogen-bond donors (Lipinski definition) is 2. The smallest absolute Gasteiger partial charge is 0.307 e. The minimum atomic E-state index is -0.814. The van der Waals surface area contributed by atoms with Crippen molar-refractivity contribution in [1.82, 2.24) is 5.32 Å². The molecule has 2 rings (SSSR count). The first-order valence-electron chi connectivity index (χ1n) is 5.71. The molecule has 4 nitrogen and oxygen atoms in total. The van der Waals surface area contributed by atoms with E-state index in [-0.39, 0.29) is 11.8 Å². The lowest BCUT2D eigenvalue weighted by atomic mass is 9.78. The van der Waals surface area contributed by atoms with Crippen LogP contribution in [-0.4, -0.2) is 23.0 Å². The normalized spacial score (nSPS) is 30.9. The van der Waals surface area contributed by atoms with Crippen molar-refractivity contribution in [2.45, 2.75) is 44.6 Å². The van der Waals surface area contributed by atoms with E-state index in [4.69, 9.17) is 5.11 Å². The number of carbonyl (C=O) groups is 2. The molecular formula is C11H17NO3. The maximum absolute atomic E-state index is 11.8. The quantitative estimate of drug-likeness (QED) is 0.736. The molecule has 0 aromatic heterocycles. The molecule has 2 N–H and O–H groups in total. The Morgan fingerprint density at radius 2 is 1.60 bits per heavy atom. The van der Waals surface area contributed by atoms with Crippen molar-refractivity contribution in [3.8, 4) is 0 Å². The summed E-state index contributed by atoms with van der Waals surface area (Å²) in [6, 6.07) is 0.328. The van der Waals surface area contributed by atoms with Gasteiger partial charge in [-0.05, 0) is 25.7 Å². The van der Waals surface area contributed by atoms with Gasteiger partial charge in [0.25, 0.3) is 0 Å². The van der Waals surface area contributed by atoms with Crippen molar-refractivity contribution in [3.63, 3.8) is 0 Å². The van der Waals surface area contributed by atoms with Crippen LogP contribution in [0.1, 0.15) is 38.5 Å². The third-order valence-electron chi connectivity index (χ3n) is 3.34. The standard InChI is InChI=1S/C11H17NO3/c13-10(12-7-5-6-7)8-3-1-2-4-9(8)11(14)15/h7-9H,1-6H2,(H,12,13)(H,14,15). The third-order valence-corrected chi connectivity index (χ3v) is 3.34. The fourth-order valence-electron chi connectivity index (χ4n) is 2.28. The molecular weight excluding hydrogens is 194 g/mol. The number of carbonyl (C=O) groups excluding carboxylic acids is 1. The van der Waals surface area contributed by atoms with Crippen molar-refractivity contribution in [2.75, 3.05) is 0 Å². The predicted molar refractivity (Wildman–Crippen MR) is 54.2 cm³/mol. The molecule has 0 radical (unpaired) electrons. The summed E-state index contributed by atoms with van der Waals surface area (Å²) in [4.78, 5) is 22.8. The highest BCUT2D eigenvalue weighted by atomic mass is 16.4. The molecule has 0 bridgehead atoms. The molecule has 0 aromatic rings. The highest BCUT2D eigenvalue weighted by molar-refractivity contribution is 5.85. The number of carboxylic acids is 1. The number of hydrogen-bond acceptors (Lipinski definition) is 2. The number of carboxylic acid groups (broad SMARTS) is 1. The second-order valence-electron chi connectivity index (χ2n) is 4.62. The summed E-state index contributed by atoms with van der Waals surface area (Å²) in [6.07, 6.45) is 5.40. The molecule has 0 heterocycles. The fourth-order valence-corrected chi connectivity index (χ4v) is 2.28. The zero-order valence-electron chi connectivity index (χ0n) is 8.74. The zero-order chi connectivity index (χ0) is 10.8. The summed E-state index contributed by atoms with van der Waals surface area (Å²) in [5.41, 5.74) is 0. The van der Waals surface area contributed by atoms with Gasteiger partial charge in [-0.15, -0.1) is 0 Å². The number of aliphatic carboxylic acids is 1. The molecule has 0 spiro atoms. The molecule has 0 aromatic carbocycles. The average Bonchev–Trinajstić information content (AvgIpc) is 3.01. The largest absolute Gasteiger partial charge is 0.481 e. The summed E-state index contributed by atoms with van der Waals surface area (Å²) in [5.74, 6) is -1.61. The predicted octanol–water partition coefficient (Wildman–Crippen LogP) is 1.16. The van der Waals surface area contributed by atoms with Gasteiger partial charge in [-0.1, -0.05) is 12.8 Å². The van der Waals surface area contributed by atoms with Crippen LogP contribution in [-0.2, 0) is 9.59 Å². The molecule has 2 atom stereocenters. The van der Waals surface area contributed by atoms with Gasteiger partial charge >= 0.3 is 5.97 Å². The second kappa shape index (κ2) is 4.21. The van der Waals surface area contributed by atoms with Crippen molar-refractivity contribution < 1.29 is 14.7 Å². The van der Waals surface area contributed by atoms with E-state index in [1.165, 1.54) is 0 Å². The van der Waals surface area contributed by atoms with E-state index in [0.717, 1.165) is 32.1 Å². The van der Waals surface area contributed by atoms with Crippen LogP contribution < -0.4 is 5.32 Å². The van der Waals surface area contributed by atoms with Crippen LogP contribution in [0.2, 0.25) is 0 Å². The van der Waals surface area contributed by atoms with Gasteiger partial charge in [0.1, 0.15) is 0 Å². The average molecular weight is 211 g/mol. The van der Waals surface area contributed by atoms with Crippen LogP contribution >= 0.6 is 0 Å². The maximum Gasteiger partial charge on any atom is 0.307 e. The lowest BCUT2D eigenvalue weighted by Gasteiger charge is -2.27. The lowest BCUT2D eigenvalue weighted by molar-refractivity contribution is -0.148. The number of rotatable bonds is 3. The highest BCUT2D eigenvalue weighted by Crippen LogP contribution is 2.31. The van der Waals surface area contributed by atoms with Gasteiger partial charge in [0, 0.05) is 6.04 Å². The van der Waals surface area contributed by atoms with Crippen molar-refractivity contribution in [3.05, 3.63) is 0 Å². The molecule has 2 aliphatic rings. The summed E-state index contributed by atoms with van der Waals surface area (Å²) in [7, 11) is 0. The molecule has 0 saturated heterocycles. The van der Waals surface area contributed by atoms with E-state index in [1.807, 2.05) is 0 Å². The Morgan fingerprint density at radius 1 is 1.00 bits per heavy atom. The second-order valence-corrected chi connectivity index (χ2v) is 4.62. The van der Waals surface area contributed by atoms with Crippen molar-refractivity contribution in [1.29, 1.82) is 0 Å². The Balaban J connectivity index is 1.96. The Labute approximate surface area is 89.0 Å². The number of nitrogens with one attached hydrogen (secondary N) is 1. The third kappa shape index (κ3) is 2.49.